The van der Waals surface area contributed by atoms with Crippen LogP contribution in [-0.4, -0.2) is 175 Å². The number of hydrogen-bond acceptors (Lipinski definition) is 15. The topological polar surface area (TPSA) is 291 Å². The number of carboxylic acids is 1. The van der Waals surface area contributed by atoms with Crippen LogP contribution in [0.2, 0.25) is 0 Å². The highest BCUT2D eigenvalue weighted by Crippen LogP contribution is 2.66. The first-order valence-electron chi connectivity index (χ1n) is 30.0. The second-order valence-corrected chi connectivity index (χ2v) is 27.0. The van der Waals surface area contributed by atoms with Crippen LogP contribution in [-0.2, 0) is 18.2 Å². The van der Waals surface area contributed by atoms with Gasteiger partial charge in [0.2, 0.25) is 11.6 Å². The van der Waals surface area contributed by atoms with Crippen LogP contribution in [0.5, 0.6) is 23.0 Å². The zero-order valence-electron chi connectivity index (χ0n) is 50.2. The molecule has 0 radical (unpaired) electrons. The molecular formula is C60H70F7N9O15P2. The molecule has 0 bridgehead atoms. The summed E-state index contributed by atoms with van der Waals surface area (Å²) in [4.78, 5) is 58.9. The van der Waals surface area contributed by atoms with Crippen molar-refractivity contribution >= 4 is 44.5 Å². The standard InChI is InChI=1S/C24H26F3N4O6P.C12H12F4N3O4P.C12H15NO2.C7H6O3.C5H11N/c25-24(26,27)22(37-38(35,29-12-13-29)30-14-15-30)18-6-9-20(31(33)34)21(16-18)36-19-7-4-17(5-8-19)23(32)28-10-2-1-3-11-28;13-9-7-8(1-2-10(9)19(20)21)11(12(14,15)16)23-24(22,17-3-4-17)18-5-6-18;14-11-6-4-10(5-7-11)12(15)13-8-2-1-3-9-13;8-6-3-1-5(2-4-6)7(9)10;1-2-4-6-5-3-1/h4-9,16,22H,1-3,10-15H2;1-2,7,11H,3-6H2;4-7,14H,1-3,8-9H2;1-4,8H,(H,9,10);6H,1-5H2. The lowest BCUT2D eigenvalue weighted by molar-refractivity contribution is -0.387. The smallest absolute Gasteiger partial charge is 0.419 e. The van der Waals surface area contributed by atoms with Crippen LogP contribution in [0.25, 0.3) is 0 Å². The number of benzene rings is 5. The van der Waals surface area contributed by atoms with Gasteiger partial charge in [-0.05, 0) is 173 Å². The fourth-order valence-corrected chi connectivity index (χ4v) is 14.5. The minimum atomic E-state index is -4.95. The third kappa shape index (κ3) is 20.2. The van der Waals surface area contributed by atoms with Gasteiger partial charge in [-0.2, -0.15) is 30.7 Å². The first-order chi connectivity index (χ1) is 44.2. The molecule has 93 heavy (non-hydrogen) atoms. The van der Waals surface area contributed by atoms with Gasteiger partial charge in [-0.3, -0.25) is 48.0 Å². The number of ether oxygens (including phenoxy) is 1. The van der Waals surface area contributed by atoms with E-state index in [4.69, 9.17) is 29.1 Å². The maximum atomic E-state index is 14.1. The summed E-state index contributed by atoms with van der Waals surface area (Å²) in [5.74, 6) is -2.53. The Labute approximate surface area is 529 Å². The molecule has 2 amide bonds. The predicted octanol–water partition coefficient (Wildman–Crippen LogP) is 12.3. The lowest BCUT2D eigenvalue weighted by Gasteiger charge is -2.28. The zero-order chi connectivity index (χ0) is 67.3. The largest absolute Gasteiger partial charge is 0.508 e. The fraction of sp³-hybridized carbons (Fsp3) is 0.450. The summed E-state index contributed by atoms with van der Waals surface area (Å²) in [6.07, 6.45) is -4.54. The number of amides is 2. The van der Waals surface area contributed by atoms with Crippen LogP contribution in [0, 0.1) is 26.0 Å². The Kier molecular flexibility index (Phi) is 24.2. The number of aromatic hydroxyl groups is 2. The van der Waals surface area contributed by atoms with E-state index in [1.54, 1.807) is 29.2 Å². The molecule has 5 aromatic rings. The summed E-state index contributed by atoms with van der Waals surface area (Å²) >= 11 is 0. The highest BCUT2D eigenvalue weighted by Gasteiger charge is 2.57. The van der Waals surface area contributed by atoms with Crippen molar-refractivity contribution in [2.45, 2.75) is 82.3 Å². The van der Waals surface area contributed by atoms with Gasteiger partial charge in [0.25, 0.3) is 11.8 Å². The fourth-order valence-electron chi connectivity index (χ4n) is 9.83. The number of piperidine rings is 3. The monoisotopic (exact) mass is 1350 g/mol. The molecular weight excluding hydrogens is 1280 g/mol. The summed E-state index contributed by atoms with van der Waals surface area (Å²) in [5, 5.41) is 51.7. The van der Waals surface area contributed by atoms with Gasteiger partial charge in [-0.1, -0.05) is 6.42 Å². The van der Waals surface area contributed by atoms with Crippen molar-refractivity contribution < 1.29 is 93.2 Å². The third-order valence-electron chi connectivity index (χ3n) is 15.2. The first-order valence-corrected chi connectivity index (χ1v) is 33.0. The maximum Gasteiger partial charge on any atom is 0.419 e. The number of nitrogens with one attached hydrogen (secondary N) is 1. The van der Waals surface area contributed by atoms with E-state index in [1.165, 1.54) is 106 Å². The van der Waals surface area contributed by atoms with E-state index in [9.17, 15) is 74.5 Å². The van der Waals surface area contributed by atoms with Crippen molar-refractivity contribution in [2.24, 2.45) is 0 Å². The number of carbonyl (C=O) groups is 3. The van der Waals surface area contributed by atoms with Gasteiger partial charge >= 0.3 is 45.0 Å². The van der Waals surface area contributed by atoms with Crippen LogP contribution < -0.4 is 10.1 Å². The van der Waals surface area contributed by atoms with Gasteiger partial charge in [0, 0.05) is 102 Å². The minimum Gasteiger partial charge on any atom is -0.508 e. The van der Waals surface area contributed by atoms with Gasteiger partial charge in [-0.25, -0.2) is 23.5 Å². The number of rotatable bonds is 17. The molecule has 7 aliphatic heterocycles. The quantitative estimate of drug-likeness (QED) is 0.0221. The molecule has 2 atom stereocenters. The highest BCUT2D eigenvalue weighted by atomic mass is 31.2. The molecule has 7 fully saturated rings. The highest BCUT2D eigenvalue weighted by molar-refractivity contribution is 7.54. The number of aromatic carboxylic acids is 1. The van der Waals surface area contributed by atoms with E-state index in [0.717, 1.165) is 69.5 Å². The second kappa shape index (κ2) is 31.6. The number of phenols is 2. The minimum absolute atomic E-state index is 0.0741. The SMILES string of the molecule is C1CCNCC1.O=C(O)c1ccc(O)cc1.O=C(c1ccc(O)cc1)N1CCCCC1.O=C(c1ccc(Oc2cc(C(OP(=O)(N3CC3)N3CC3)C(F)(F)F)ccc2[N+](=O)[O-])cc1)N1CCCCC1.O=[N+]([O-])c1ccc(C(OP(=O)(N2CC2)N2CC2)C(F)(F)F)cc1F. The number of alkyl halides is 6. The van der Waals surface area contributed by atoms with Crippen molar-refractivity contribution in [1.29, 1.82) is 0 Å². The van der Waals surface area contributed by atoms with Gasteiger partial charge in [0.1, 0.15) is 17.2 Å². The molecule has 33 heteroatoms. The van der Waals surface area contributed by atoms with E-state index in [2.05, 4.69) is 5.32 Å². The lowest BCUT2D eigenvalue weighted by Crippen LogP contribution is -2.35. The average Bonchev–Trinajstić information content (AvgIpc) is 1.62. The van der Waals surface area contributed by atoms with Crippen LogP contribution in [0.3, 0.4) is 0 Å². The molecule has 7 heterocycles. The molecule has 4 N–H and O–H groups in total. The van der Waals surface area contributed by atoms with Crippen LogP contribution >= 0.6 is 15.3 Å². The van der Waals surface area contributed by atoms with Crippen molar-refractivity contribution in [3.63, 3.8) is 0 Å². The van der Waals surface area contributed by atoms with Crippen LogP contribution in [0.1, 0.15) is 112 Å². The predicted molar refractivity (Wildman–Crippen MR) is 323 cm³/mol. The summed E-state index contributed by atoms with van der Waals surface area (Å²) < 4.78 is 143. The Morgan fingerprint density at radius 3 is 1.17 bits per heavy atom. The Morgan fingerprint density at radius 1 is 0.495 bits per heavy atom. The van der Waals surface area contributed by atoms with Gasteiger partial charge < -0.3 is 35.2 Å². The van der Waals surface area contributed by atoms with E-state index in [0.29, 0.717) is 88.7 Å². The van der Waals surface area contributed by atoms with Crippen molar-refractivity contribution in [1.82, 2.24) is 33.8 Å². The molecule has 504 valence electrons. The molecule has 0 spiro atoms. The van der Waals surface area contributed by atoms with Gasteiger partial charge in [0.05, 0.1) is 15.4 Å². The number of carboxylic acid groups (broad SMARTS) is 1. The molecule has 2 unspecified atom stereocenters. The number of carbonyl (C=O) groups excluding carboxylic acids is 2. The normalized spacial score (nSPS) is 18.2. The molecule has 0 aromatic heterocycles. The van der Waals surface area contributed by atoms with Crippen molar-refractivity contribution in [3.8, 4) is 23.0 Å². The summed E-state index contributed by atoms with van der Waals surface area (Å²) in [5.41, 5.74) is -1.39. The first kappa shape index (κ1) is 71.3. The number of nitro benzene ring substituents is 2. The molecule has 7 aliphatic rings. The van der Waals surface area contributed by atoms with Crippen molar-refractivity contribution in [3.05, 3.63) is 163 Å². The van der Waals surface area contributed by atoms with Gasteiger partial charge in [0.15, 0.2) is 12.2 Å². The van der Waals surface area contributed by atoms with E-state index >= 15 is 0 Å². The summed E-state index contributed by atoms with van der Waals surface area (Å²) in [7, 11) is -7.68. The van der Waals surface area contributed by atoms with Crippen LogP contribution in [0.4, 0.5) is 42.1 Å². The van der Waals surface area contributed by atoms with Crippen LogP contribution in [0.15, 0.2) is 109 Å². The van der Waals surface area contributed by atoms with E-state index < -0.39 is 89.8 Å². The molecule has 0 aliphatic carbocycles. The zero-order valence-corrected chi connectivity index (χ0v) is 52.0. The Balaban J connectivity index is 0.000000171. The average molecular weight is 1350 g/mol. The Morgan fingerprint density at radius 2 is 0.849 bits per heavy atom. The van der Waals surface area contributed by atoms with Crippen molar-refractivity contribution in [2.75, 3.05) is 91.6 Å². The summed E-state index contributed by atoms with van der Waals surface area (Å²) in [6.45, 7) is 8.43. The Hall–Kier alpha value is -7.60. The van der Waals surface area contributed by atoms with Gasteiger partial charge in [-0.15, -0.1) is 0 Å². The van der Waals surface area contributed by atoms with E-state index in [-0.39, 0.29) is 34.6 Å². The number of hydrogen-bond donors (Lipinski definition) is 4. The maximum absolute atomic E-state index is 14.1. The molecule has 7 saturated heterocycles. The molecule has 24 nitrogen and oxygen atoms in total. The molecule has 0 saturated carbocycles. The number of nitro groups is 2. The lowest BCUT2D eigenvalue weighted by atomic mass is 10.1. The number of phenolic OH excluding ortho intramolecular Hbond substituents is 2. The summed E-state index contributed by atoms with van der Waals surface area (Å²) in [6, 6.07) is 22.2. The number of halogens is 7. The van der Waals surface area contributed by atoms with E-state index in [1.807, 2.05) is 4.90 Å². The third-order valence-corrected chi connectivity index (χ3v) is 20.6. The molecule has 5 aromatic carbocycles. The second-order valence-electron chi connectivity index (χ2n) is 22.3. The number of nitrogens with zero attached hydrogens (tertiary/aromatic N) is 8. The molecule has 12 rings (SSSR count). The Bertz CT molecular complexity index is 3450. The number of likely N-dealkylation sites (tertiary alicyclic amines) is 2.